The van der Waals surface area contributed by atoms with Crippen molar-refractivity contribution in [2.24, 2.45) is 5.73 Å². The van der Waals surface area contributed by atoms with Gasteiger partial charge < -0.3 is 5.73 Å². The number of amides is 1. The van der Waals surface area contributed by atoms with E-state index in [1.807, 2.05) is 0 Å². The Morgan fingerprint density at radius 3 is 2.50 bits per heavy atom. The van der Waals surface area contributed by atoms with Crippen molar-refractivity contribution in [1.82, 2.24) is 4.98 Å². The van der Waals surface area contributed by atoms with Gasteiger partial charge in [-0.1, -0.05) is 0 Å². The summed E-state index contributed by atoms with van der Waals surface area (Å²) >= 11 is 0. The summed E-state index contributed by atoms with van der Waals surface area (Å²) in [6.45, 7) is 0. The van der Waals surface area contributed by atoms with E-state index in [1.165, 1.54) is 0 Å². The fourth-order valence-corrected chi connectivity index (χ4v) is 1.07. The Morgan fingerprint density at radius 1 is 1.56 bits per heavy atom. The van der Waals surface area contributed by atoms with Crippen molar-refractivity contribution in [3.05, 3.63) is 33.4 Å². The van der Waals surface area contributed by atoms with E-state index >= 15 is 0 Å². The molecule has 16 heavy (non-hydrogen) atoms. The Hall–Kier alpha value is -2.19. The first kappa shape index (κ1) is 11.9. The lowest BCUT2D eigenvalue weighted by Gasteiger charge is -2.04. The monoisotopic (exact) mass is 235 g/mol. The zero-order valence-corrected chi connectivity index (χ0v) is 7.49. The predicted octanol–water partition coefficient (Wildman–Crippen LogP) is 1.17. The number of halogens is 3. The molecule has 86 valence electrons. The minimum absolute atomic E-state index is 0.286. The highest BCUT2D eigenvalue weighted by molar-refractivity contribution is 5.97. The Kier molecular flexibility index (Phi) is 3.06. The molecule has 0 aliphatic heterocycles. The van der Waals surface area contributed by atoms with Gasteiger partial charge in [0, 0.05) is 0 Å². The number of nitrogens with two attached hydrogens (primary N) is 1. The van der Waals surface area contributed by atoms with Gasteiger partial charge in [0.25, 0.3) is 12.3 Å². The summed E-state index contributed by atoms with van der Waals surface area (Å²) in [5.41, 5.74) is 0.775. The van der Waals surface area contributed by atoms with Crippen LogP contribution in [0.1, 0.15) is 22.5 Å². The zero-order chi connectivity index (χ0) is 12.5. The van der Waals surface area contributed by atoms with Crippen LogP contribution in [0.4, 0.5) is 18.9 Å². The number of carbonyl (C=O) groups is 1. The van der Waals surface area contributed by atoms with E-state index in [4.69, 9.17) is 0 Å². The number of carbonyl (C=O) groups excluding carboxylic acids is 1. The molecule has 0 aromatic carbocycles. The quantitative estimate of drug-likeness (QED) is 0.627. The molecule has 0 aliphatic rings. The topological polar surface area (TPSA) is 99.1 Å². The van der Waals surface area contributed by atoms with Crippen molar-refractivity contribution < 1.29 is 22.9 Å². The largest absolute Gasteiger partial charge is 0.365 e. The van der Waals surface area contributed by atoms with Crippen LogP contribution in [0.2, 0.25) is 0 Å². The van der Waals surface area contributed by atoms with Gasteiger partial charge in [-0.25, -0.2) is 18.2 Å². The van der Waals surface area contributed by atoms with Crippen LogP contribution in [-0.4, -0.2) is 15.8 Å². The highest BCUT2D eigenvalue weighted by Crippen LogP contribution is 2.30. The molecule has 6 nitrogen and oxygen atoms in total. The van der Waals surface area contributed by atoms with Crippen LogP contribution in [0.15, 0.2) is 6.20 Å². The van der Waals surface area contributed by atoms with E-state index in [0.717, 1.165) is 0 Å². The minimum Gasteiger partial charge on any atom is -0.365 e. The van der Waals surface area contributed by atoms with E-state index in [-0.39, 0.29) is 6.20 Å². The number of pyridine rings is 1. The van der Waals surface area contributed by atoms with Gasteiger partial charge in [-0.2, -0.15) is 0 Å². The molecule has 0 fully saturated rings. The molecule has 1 aromatic rings. The molecule has 0 radical (unpaired) electrons. The number of hydrogen-bond acceptors (Lipinski definition) is 4. The van der Waals surface area contributed by atoms with Crippen molar-refractivity contribution in [3.8, 4) is 0 Å². The van der Waals surface area contributed by atoms with Crippen molar-refractivity contribution in [3.63, 3.8) is 0 Å². The second-order valence-corrected chi connectivity index (χ2v) is 2.64. The summed E-state index contributed by atoms with van der Waals surface area (Å²) in [5.74, 6) is -2.92. The Labute approximate surface area is 86.0 Å². The average Bonchev–Trinajstić information content (AvgIpc) is 2.15. The predicted molar refractivity (Wildman–Crippen MR) is 44.3 cm³/mol. The average molecular weight is 235 g/mol. The van der Waals surface area contributed by atoms with Crippen LogP contribution in [0.25, 0.3) is 0 Å². The summed E-state index contributed by atoms with van der Waals surface area (Å²) in [6, 6.07) is 0. The molecular formula is C7H4F3N3O3. The van der Waals surface area contributed by atoms with E-state index in [2.05, 4.69) is 10.7 Å². The van der Waals surface area contributed by atoms with Crippen LogP contribution < -0.4 is 5.73 Å². The maximum Gasteiger partial charge on any atom is 0.312 e. The molecule has 0 aliphatic carbocycles. The van der Waals surface area contributed by atoms with Gasteiger partial charge in [-0.15, -0.1) is 0 Å². The molecule has 2 N–H and O–H groups in total. The Bertz CT molecular complexity index is 464. The maximum atomic E-state index is 13.0. The maximum absolute atomic E-state index is 13.0. The summed E-state index contributed by atoms with van der Waals surface area (Å²) in [6.07, 6.45) is -3.02. The fourth-order valence-electron chi connectivity index (χ4n) is 1.07. The number of hydrogen-bond donors (Lipinski definition) is 1. The van der Waals surface area contributed by atoms with Crippen LogP contribution in [0.5, 0.6) is 0 Å². The van der Waals surface area contributed by atoms with E-state index < -0.39 is 40.0 Å². The van der Waals surface area contributed by atoms with Crippen LogP contribution in [0.3, 0.4) is 0 Å². The standard InChI is InChI=1S/C7H4F3N3O3/c8-2-1-12-4(6(9)10)5(13(15)16)3(2)7(11)14/h1,6H,(H2,11,14). The Balaban J connectivity index is 3.63. The summed E-state index contributed by atoms with van der Waals surface area (Å²) in [5, 5.41) is 10.5. The van der Waals surface area contributed by atoms with Crippen LogP contribution >= 0.6 is 0 Å². The molecule has 0 bridgehead atoms. The van der Waals surface area contributed by atoms with Crippen LogP contribution in [-0.2, 0) is 0 Å². The lowest BCUT2D eigenvalue weighted by molar-refractivity contribution is -0.387. The number of aromatic nitrogens is 1. The van der Waals surface area contributed by atoms with Crippen molar-refractivity contribution in [2.45, 2.75) is 6.43 Å². The number of nitro groups is 1. The SMILES string of the molecule is NC(=O)c1c(F)cnc(C(F)F)c1[N+](=O)[O-]. The molecule has 1 heterocycles. The number of primary amides is 1. The normalized spacial score (nSPS) is 10.5. The molecule has 0 saturated carbocycles. The third-order valence-electron chi connectivity index (χ3n) is 1.67. The first-order valence-corrected chi connectivity index (χ1v) is 3.77. The first-order chi connectivity index (χ1) is 7.36. The Morgan fingerprint density at radius 2 is 2.12 bits per heavy atom. The second-order valence-electron chi connectivity index (χ2n) is 2.64. The number of rotatable bonds is 3. The van der Waals surface area contributed by atoms with Gasteiger partial charge in [0.2, 0.25) is 0 Å². The molecular weight excluding hydrogens is 231 g/mol. The fraction of sp³-hybridized carbons (Fsp3) is 0.143. The summed E-state index contributed by atoms with van der Waals surface area (Å²) in [7, 11) is 0. The van der Waals surface area contributed by atoms with Gasteiger partial charge in [0.1, 0.15) is 0 Å². The summed E-state index contributed by atoms with van der Waals surface area (Å²) < 4.78 is 37.6. The van der Waals surface area contributed by atoms with Gasteiger partial charge in [0.15, 0.2) is 17.1 Å². The van der Waals surface area contributed by atoms with Crippen molar-refractivity contribution >= 4 is 11.6 Å². The number of nitrogens with zero attached hydrogens (tertiary/aromatic N) is 2. The van der Waals surface area contributed by atoms with Crippen molar-refractivity contribution in [1.29, 1.82) is 0 Å². The second kappa shape index (κ2) is 4.13. The smallest absolute Gasteiger partial charge is 0.312 e. The van der Waals surface area contributed by atoms with Gasteiger partial charge in [-0.05, 0) is 0 Å². The third kappa shape index (κ3) is 1.92. The lowest BCUT2D eigenvalue weighted by atomic mass is 10.1. The van der Waals surface area contributed by atoms with Gasteiger partial charge in [0.05, 0.1) is 11.1 Å². The minimum atomic E-state index is -3.31. The van der Waals surface area contributed by atoms with Gasteiger partial charge in [-0.3, -0.25) is 14.9 Å². The zero-order valence-electron chi connectivity index (χ0n) is 7.49. The first-order valence-electron chi connectivity index (χ1n) is 3.77. The molecule has 0 atom stereocenters. The lowest BCUT2D eigenvalue weighted by Crippen LogP contribution is -2.17. The highest BCUT2D eigenvalue weighted by Gasteiger charge is 2.32. The highest BCUT2D eigenvalue weighted by atomic mass is 19.3. The molecule has 1 aromatic heterocycles. The van der Waals surface area contributed by atoms with Gasteiger partial charge >= 0.3 is 5.69 Å². The molecule has 9 heteroatoms. The van der Waals surface area contributed by atoms with Crippen LogP contribution in [0, 0.1) is 15.9 Å². The van der Waals surface area contributed by atoms with E-state index in [1.54, 1.807) is 0 Å². The molecule has 1 amide bonds. The number of alkyl halides is 2. The molecule has 1 rings (SSSR count). The van der Waals surface area contributed by atoms with Crippen molar-refractivity contribution in [2.75, 3.05) is 0 Å². The van der Waals surface area contributed by atoms with E-state index in [0.29, 0.717) is 0 Å². The molecule has 0 unspecified atom stereocenters. The summed E-state index contributed by atoms with van der Waals surface area (Å²) in [4.78, 5) is 22.7. The van der Waals surface area contributed by atoms with E-state index in [9.17, 15) is 28.1 Å². The molecule has 0 spiro atoms. The molecule has 0 saturated heterocycles. The third-order valence-corrected chi connectivity index (χ3v) is 1.67.